The summed E-state index contributed by atoms with van der Waals surface area (Å²) in [7, 11) is 2.09. The molecular weight excluding hydrogens is 194 g/mol. The molecule has 0 radical (unpaired) electrons. The van der Waals surface area contributed by atoms with E-state index < -0.39 is 0 Å². The van der Waals surface area contributed by atoms with Gasteiger partial charge in [0.25, 0.3) is 0 Å². The SMILES string of the molecule is CC(C)=C/C=C(\C)N(C)c1ccc(C)cc1. The van der Waals surface area contributed by atoms with Crippen LogP contribution in [0.25, 0.3) is 0 Å². The molecule has 0 unspecified atom stereocenters. The average molecular weight is 215 g/mol. The van der Waals surface area contributed by atoms with E-state index in [1.807, 2.05) is 0 Å². The summed E-state index contributed by atoms with van der Waals surface area (Å²) in [6.45, 7) is 8.44. The lowest BCUT2D eigenvalue weighted by atomic mass is 10.2. The average Bonchev–Trinajstić information content (AvgIpc) is 2.26. The highest BCUT2D eigenvalue weighted by atomic mass is 15.1. The summed E-state index contributed by atoms with van der Waals surface area (Å²) >= 11 is 0. The van der Waals surface area contributed by atoms with Gasteiger partial charge in [-0.25, -0.2) is 0 Å². The van der Waals surface area contributed by atoms with Gasteiger partial charge in [-0.15, -0.1) is 0 Å². The van der Waals surface area contributed by atoms with Crippen molar-refractivity contribution in [2.45, 2.75) is 27.7 Å². The number of nitrogens with zero attached hydrogens (tertiary/aromatic N) is 1. The lowest BCUT2D eigenvalue weighted by Crippen LogP contribution is -2.13. The zero-order valence-electron chi connectivity index (χ0n) is 10.9. The van der Waals surface area contributed by atoms with Gasteiger partial charge in [0.05, 0.1) is 0 Å². The normalized spacial score (nSPS) is 11.2. The molecule has 0 bridgehead atoms. The summed E-state index contributed by atoms with van der Waals surface area (Å²) in [6.07, 6.45) is 4.29. The molecule has 0 atom stereocenters. The Morgan fingerprint density at radius 1 is 1.00 bits per heavy atom. The minimum absolute atomic E-state index is 1.22. The topological polar surface area (TPSA) is 3.24 Å². The van der Waals surface area contributed by atoms with E-state index in [9.17, 15) is 0 Å². The Bertz CT molecular complexity index is 392. The Morgan fingerprint density at radius 2 is 1.56 bits per heavy atom. The van der Waals surface area contributed by atoms with E-state index >= 15 is 0 Å². The van der Waals surface area contributed by atoms with Crippen LogP contribution < -0.4 is 4.90 Å². The number of allylic oxidation sites excluding steroid dienone is 4. The first-order chi connectivity index (χ1) is 7.50. The monoisotopic (exact) mass is 215 g/mol. The van der Waals surface area contributed by atoms with Crippen molar-refractivity contribution in [3.63, 3.8) is 0 Å². The molecule has 1 rings (SSSR count). The van der Waals surface area contributed by atoms with Crippen LogP contribution in [0.1, 0.15) is 26.3 Å². The third-order valence-electron chi connectivity index (χ3n) is 2.61. The van der Waals surface area contributed by atoms with Crippen molar-refractivity contribution < 1.29 is 0 Å². The van der Waals surface area contributed by atoms with Crippen LogP contribution in [0.2, 0.25) is 0 Å². The largest absolute Gasteiger partial charge is 0.348 e. The second-order valence-corrected chi connectivity index (χ2v) is 4.45. The van der Waals surface area contributed by atoms with Crippen molar-refractivity contribution in [2.75, 3.05) is 11.9 Å². The first kappa shape index (κ1) is 12.6. The lowest BCUT2D eigenvalue weighted by molar-refractivity contribution is 1.09. The summed E-state index contributed by atoms with van der Waals surface area (Å²) in [4.78, 5) is 2.19. The smallest absolute Gasteiger partial charge is 0.0405 e. The van der Waals surface area contributed by atoms with Crippen LogP contribution >= 0.6 is 0 Å². The van der Waals surface area contributed by atoms with Gasteiger partial charge in [0.1, 0.15) is 0 Å². The van der Waals surface area contributed by atoms with Crippen molar-refractivity contribution >= 4 is 5.69 Å². The van der Waals surface area contributed by atoms with Gasteiger partial charge in [0.2, 0.25) is 0 Å². The Morgan fingerprint density at radius 3 is 2.06 bits per heavy atom. The van der Waals surface area contributed by atoms with Crippen LogP contribution in [-0.4, -0.2) is 7.05 Å². The minimum atomic E-state index is 1.22. The zero-order chi connectivity index (χ0) is 12.1. The number of anilines is 1. The minimum Gasteiger partial charge on any atom is -0.348 e. The van der Waals surface area contributed by atoms with Crippen LogP contribution in [-0.2, 0) is 0 Å². The summed E-state index contributed by atoms with van der Waals surface area (Å²) < 4.78 is 0. The van der Waals surface area contributed by atoms with Crippen molar-refractivity contribution in [3.05, 3.63) is 53.3 Å². The second-order valence-electron chi connectivity index (χ2n) is 4.45. The number of rotatable bonds is 3. The van der Waals surface area contributed by atoms with Gasteiger partial charge >= 0.3 is 0 Å². The lowest BCUT2D eigenvalue weighted by Gasteiger charge is -2.20. The fourth-order valence-corrected chi connectivity index (χ4v) is 1.37. The van der Waals surface area contributed by atoms with E-state index in [1.165, 1.54) is 22.5 Å². The van der Waals surface area contributed by atoms with E-state index in [0.29, 0.717) is 0 Å². The molecule has 86 valence electrons. The molecule has 0 saturated carbocycles. The van der Waals surface area contributed by atoms with Gasteiger partial charge in [-0.05, 0) is 45.9 Å². The Kier molecular flexibility index (Phi) is 4.36. The van der Waals surface area contributed by atoms with Crippen LogP contribution in [0.4, 0.5) is 5.69 Å². The van der Waals surface area contributed by atoms with E-state index in [4.69, 9.17) is 0 Å². The molecule has 0 aliphatic heterocycles. The molecule has 0 aromatic heterocycles. The predicted molar refractivity (Wildman–Crippen MR) is 72.8 cm³/mol. The standard InChI is InChI=1S/C15H21N/c1-12(2)6-9-14(4)16(5)15-10-7-13(3)8-11-15/h6-11H,1-5H3/b14-9+. The summed E-state index contributed by atoms with van der Waals surface area (Å²) in [5, 5.41) is 0. The number of hydrogen-bond donors (Lipinski definition) is 0. The summed E-state index contributed by atoms with van der Waals surface area (Å²) in [6, 6.07) is 8.57. The maximum absolute atomic E-state index is 2.19. The molecule has 1 aromatic rings. The maximum Gasteiger partial charge on any atom is 0.0405 e. The van der Waals surface area contributed by atoms with Gasteiger partial charge in [-0.3, -0.25) is 0 Å². The Balaban J connectivity index is 2.85. The quantitative estimate of drug-likeness (QED) is 0.679. The molecule has 1 nitrogen and oxygen atoms in total. The van der Waals surface area contributed by atoms with E-state index in [2.05, 4.69) is 76.1 Å². The highest BCUT2D eigenvalue weighted by Gasteiger charge is 2.00. The van der Waals surface area contributed by atoms with Gasteiger partial charge in [0.15, 0.2) is 0 Å². The molecule has 1 heteroatoms. The van der Waals surface area contributed by atoms with Crippen LogP contribution in [0.15, 0.2) is 47.7 Å². The summed E-state index contributed by atoms with van der Waals surface area (Å²) in [5.74, 6) is 0. The van der Waals surface area contributed by atoms with Crippen LogP contribution in [0, 0.1) is 6.92 Å². The van der Waals surface area contributed by atoms with Crippen molar-refractivity contribution in [2.24, 2.45) is 0 Å². The fourth-order valence-electron chi connectivity index (χ4n) is 1.37. The van der Waals surface area contributed by atoms with Crippen molar-refractivity contribution in [1.82, 2.24) is 0 Å². The fraction of sp³-hybridized carbons (Fsp3) is 0.333. The molecule has 0 N–H and O–H groups in total. The van der Waals surface area contributed by atoms with Gasteiger partial charge in [0, 0.05) is 18.4 Å². The number of aryl methyl sites for hydroxylation is 1. The molecule has 0 spiro atoms. The zero-order valence-corrected chi connectivity index (χ0v) is 10.9. The molecule has 16 heavy (non-hydrogen) atoms. The number of benzene rings is 1. The third-order valence-corrected chi connectivity index (χ3v) is 2.61. The van der Waals surface area contributed by atoms with E-state index in [1.54, 1.807) is 0 Å². The van der Waals surface area contributed by atoms with Gasteiger partial charge in [-0.2, -0.15) is 0 Å². The highest BCUT2D eigenvalue weighted by molar-refractivity contribution is 5.52. The Hall–Kier alpha value is -1.50. The van der Waals surface area contributed by atoms with E-state index in [0.717, 1.165) is 0 Å². The van der Waals surface area contributed by atoms with Crippen molar-refractivity contribution in [3.8, 4) is 0 Å². The van der Waals surface area contributed by atoms with Crippen molar-refractivity contribution in [1.29, 1.82) is 0 Å². The molecular formula is C15H21N. The van der Waals surface area contributed by atoms with Crippen LogP contribution in [0.5, 0.6) is 0 Å². The maximum atomic E-state index is 2.19. The van der Waals surface area contributed by atoms with E-state index in [-0.39, 0.29) is 0 Å². The molecule has 0 saturated heterocycles. The summed E-state index contributed by atoms with van der Waals surface area (Å²) in [5.41, 5.74) is 5.08. The molecule has 0 fully saturated rings. The molecule has 1 aromatic carbocycles. The van der Waals surface area contributed by atoms with Gasteiger partial charge in [-0.1, -0.05) is 29.3 Å². The number of hydrogen-bond acceptors (Lipinski definition) is 1. The molecule has 0 aliphatic carbocycles. The van der Waals surface area contributed by atoms with Crippen LogP contribution in [0.3, 0.4) is 0 Å². The predicted octanol–water partition coefficient (Wildman–Crippen LogP) is 4.30. The Labute approximate surface area is 99.1 Å². The highest BCUT2D eigenvalue weighted by Crippen LogP contribution is 2.17. The molecule has 0 heterocycles. The molecule has 0 aliphatic rings. The molecule has 0 amide bonds. The van der Waals surface area contributed by atoms with Gasteiger partial charge < -0.3 is 4.90 Å². The first-order valence-corrected chi connectivity index (χ1v) is 5.63. The first-order valence-electron chi connectivity index (χ1n) is 5.63. The second kappa shape index (κ2) is 5.55. The third kappa shape index (κ3) is 3.58.